The first kappa shape index (κ1) is 41.8. The van der Waals surface area contributed by atoms with Gasteiger partial charge < -0.3 is 36.4 Å². The van der Waals surface area contributed by atoms with Crippen molar-refractivity contribution in [1.29, 1.82) is 0 Å². The molecule has 2 aromatic rings. The van der Waals surface area contributed by atoms with E-state index in [0.717, 1.165) is 28.7 Å². The number of hydrogen-bond donors (Lipinski definition) is 6. The molecule has 0 saturated carbocycles. The highest BCUT2D eigenvalue weighted by Gasteiger charge is 2.32. The molecule has 0 aliphatic heterocycles. The number of nitrogens with zero attached hydrogens (tertiary/aromatic N) is 1. The van der Waals surface area contributed by atoms with E-state index in [-0.39, 0.29) is 56.3 Å². The molecule has 2 unspecified atom stereocenters. The Morgan fingerprint density at radius 2 is 1.53 bits per heavy atom. The van der Waals surface area contributed by atoms with Crippen LogP contribution in [0.15, 0.2) is 42.5 Å². The second kappa shape index (κ2) is 21.6. The Morgan fingerprint density at radius 3 is 2.13 bits per heavy atom. The maximum absolute atomic E-state index is 13.7. The maximum atomic E-state index is 13.7. The monoisotopic (exact) mass is 695 g/mol. The number of aliphatic hydroxyl groups excluding tert-OH is 1. The minimum atomic E-state index is -1.16. The number of carbonyl (C=O) groups excluding carboxylic acids is 4. The van der Waals surface area contributed by atoms with Crippen LogP contribution >= 0.6 is 12.4 Å². The Labute approximate surface area is 286 Å². The molecule has 0 saturated heterocycles. The number of carbonyl (C=O) groups is 4. The molecule has 0 aromatic heterocycles. The topological polar surface area (TPSA) is 211 Å². The van der Waals surface area contributed by atoms with Crippen molar-refractivity contribution in [3.05, 3.63) is 64.7 Å². The zero-order chi connectivity index (χ0) is 34.2. The van der Waals surface area contributed by atoms with Crippen molar-refractivity contribution in [1.82, 2.24) is 15.5 Å². The van der Waals surface area contributed by atoms with E-state index in [0.29, 0.717) is 19.3 Å². The van der Waals surface area contributed by atoms with E-state index >= 15 is 0 Å². The number of nitrogens with one attached hydrogen (secondary N) is 2. The van der Waals surface area contributed by atoms with Crippen molar-refractivity contribution < 1.29 is 33.9 Å². The van der Waals surface area contributed by atoms with Gasteiger partial charge in [-0.05, 0) is 67.5 Å². The number of nitrogens with two attached hydrogens (primary N) is 2. The lowest BCUT2D eigenvalue weighted by Crippen LogP contribution is -2.56. The first-order valence-electron chi connectivity index (χ1n) is 15.5. The number of imide groups is 1. The molecule has 0 bridgehead atoms. The molecule has 0 aliphatic rings. The molecule has 0 aliphatic carbocycles. The highest BCUT2D eigenvalue weighted by atomic mass is 35.5. The van der Waals surface area contributed by atoms with Gasteiger partial charge in [-0.2, -0.15) is 0 Å². The number of phenolic OH excluding ortho intramolecular Hbond substituents is 1. The molecule has 2 aromatic carbocycles. The minimum absolute atomic E-state index is 0. The van der Waals surface area contributed by atoms with Gasteiger partial charge in [-0.3, -0.25) is 24.5 Å². The number of halogens is 1. The summed E-state index contributed by atoms with van der Waals surface area (Å²) in [5, 5.41) is 23.9. The van der Waals surface area contributed by atoms with Crippen LogP contribution in [0.25, 0.3) is 0 Å². The minimum Gasteiger partial charge on any atom is -0.617 e. The summed E-state index contributed by atoms with van der Waals surface area (Å²) in [4.78, 5) is 54.5. The van der Waals surface area contributed by atoms with E-state index in [9.17, 15) is 28.8 Å². The van der Waals surface area contributed by atoms with Crippen molar-refractivity contribution in [3.8, 4) is 5.75 Å². The lowest BCUT2D eigenvalue weighted by molar-refractivity contribution is -0.143. The van der Waals surface area contributed by atoms with E-state index < -0.39 is 59.5 Å². The van der Waals surface area contributed by atoms with Crippen molar-refractivity contribution in [3.63, 3.8) is 0 Å². The SMILES string of the molecule is Cc1cc(O)cc(C)c1C[C@H](N)C(=O)NCC(=O)N(CCCCCCO)[C@@H](Cc1ccccc1)C(=O)NC(=O)C(N)CC[S+](C)[O-].Cl. The van der Waals surface area contributed by atoms with Crippen LogP contribution in [0.1, 0.15) is 54.4 Å². The first-order chi connectivity index (χ1) is 21.8. The van der Waals surface area contributed by atoms with E-state index in [1.54, 1.807) is 24.3 Å². The molecule has 8 N–H and O–H groups in total. The van der Waals surface area contributed by atoms with Crippen LogP contribution in [0.5, 0.6) is 5.75 Å². The van der Waals surface area contributed by atoms with Gasteiger partial charge in [0.2, 0.25) is 23.6 Å². The van der Waals surface area contributed by atoms with Crippen LogP contribution in [0, 0.1) is 13.8 Å². The van der Waals surface area contributed by atoms with Gasteiger partial charge in [-0.1, -0.05) is 54.3 Å². The van der Waals surface area contributed by atoms with Gasteiger partial charge in [0.15, 0.2) is 0 Å². The van der Waals surface area contributed by atoms with Crippen molar-refractivity contribution in [2.45, 2.75) is 76.9 Å². The third kappa shape index (κ3) is 14.6. The van der Waals surface area contributed by atoms with Gasteiger partial charge in [0, 0.05) is 26.0 Å². The Hall–Kier alpha value is -3.20. The fraction of sp³-hybridized carbons (Fsp3) is 0.515. The van der Waals surface area contributed by atoms with Crippen LogP contribution in [0.4, 0.5) is 0 Å². The number of rotatable bonds is 19. The van der Waals surface area contributed by atoms with Crippen LogP contribution in [0.3, 0.4) is 0 Å². The van der Waals surface area contributed by atoms with Crippen LogP contribution in [-0.2, 0) is 43.2 Å². The second-order valence-corrected chi connectivity index (χ2v) is 13.1. The number of phenols is 1. The van der Waals surface area contributed by atoms with E-state index in [1.807, 2.05) is 32.0 Å². The van der Waals surface area contributed by atoms with Gasteiger partial charge >= 0.3 is 0 Å². The summed E-state index contributed by atoms with van der Waals surface area (Å²) in [6.45, 7) is 3.41. The Morgan fingerprint density at radius 1 is 0.915 bits per heavy atom. The van der Waals surface area contributed by atoms with Gasteiger partial charge in [-0.15, -0.1) is 12.4 Å². The average Bonchev–Trinajstić information content (AvgIpc) is 3.01. The van der Waals surface area contributed by atoms with Crippen molar-refractivity contribution in [2.24, 2.45) is 11.5 Å². The van der Waals surface area contributed by atoms with Gasteiger partial charge in [0.1, 0.15) is 17.5 Å². The molecule has 47 heavy (non-hydrogen) atoms. The fourth-order valence-electron chi connectivity index (χ4n) is 5.11. The molecule has 262 valence electrons. The third-order valence-corrected chi connectivity index (χ3v) is 8.54. The summed E-state index contributed by atoms with van der Waals surface area (Å²) in [5.74, 6) is -2.22. The Balaban J connectivity index is 0.0000110. The summed E-state index contributed by atoms with van der Waals surface area (Å²) >= 11 is -1.16. The summed E-state index contributed by atoms with van der Waals surface area (Å²) < 4.78 is 11.5. The fourth-order valence-corrected chi connectivity index (χ4v) is 5.69. The third-order valence-electron chi connectivity index (χ3n) is 7.73. The first-order valence-corrected chi connectivity index (χ1v) is 17.2. The number of aromatic hydroxyl groups is 1. The Kier molecular flexibility index (Phi) is 19.2. The lowest BCUT2D eigenvalue weighted by Gasteiger charge is -2.31. The number of aryl methyl sites for hydroxylation is 2. The number of benzene rings is 2. The molecule has 0 heterocycles. The van der Waals surface area contributed by atoms with Gasteiger partial charge in [0.25, 0.3) is 0 Å². The van der Waals surface area contributed by atoms with E-state index in [1.165, 1.54) is 11.2 Å². The molecule has 0 spiro atoms. The lowest BCUT2D eigenvalue weighted by atomic mass is 9.96. The van der Waals surface area contributed by atoms with Gasteiger partial charge in [0.05, 0.1) is 24.9 Å². The molecular weight excluding hydrogens is 646 g/mol. The summed E-state index contributed by atoms with van der Waals surface area (Å²) in [6, 6.07) is 9.10. The quantitative estimate of drug-likeness (QED) is 0.0918. The summed E-state index contributed by atoms with van der Waals surface area (Å²) in [7, 11) is 0. The molecule has 4 amide bonds. The summed E-state index contributed by atoms with van der Waals surface area (Å²) in [5.41, 5.74) is 15.3. The highest BCUT2D eigenvalue weighted by molar-refractivity contribution is 7.90. The molecular formula is C33H50ClN5O7S. The number of aliphatic hydroxyl groups is 1. The van der Waals surface area contributed by atoms with Crippen molar-refractivity contribution >= 4 is 47.2 Å². The molecule has 0 fully saturated rings. The zero-order valence-corrected chi connectivity index (χ0v) is 29.0. The predicted octanol–water partition coefficient (Wildman–Crippen LogP) is 1.15. The van der Waals surface area contributed by atoms with Gasteiger partial charge in [-0.25, -0.2) is 0 Å². The van der Waals surface area contributed by atoms with Crippen molar-refractivity contribution in [2.75, 3.05) is 31.7 Å². The normalized spacial score (nSPS) is 13.4. The molecule has 4 atom stereocenters. The maximum Gasteiger partial charge on any atom is 0.249 e. The molecule has 14 heteroatoms. The average molecular weight is 696 g/mol. The van der Waals surface area contributed by atoms with Crippen LogP contribution in [-0.4, -0.2) is 93.1 Å². The Bertz CT molecular complexity index is 1280. The largest absolute Gasteiger partial charge is 0.617 e. The standard InChI is InChI=1S/C33H49N5O7S.ClH/c1-22-17-25(40)18-23(2)26(22)20-28(35)31(42)36-21-30(41)38(14-9-4-5-10-15-39)29(19-24-11-7-6-8-12-24)33(44)37-32(43)27(34)13-16-46(3)45;/h6-8,11-12,17-18,27-29,39-40H,4-5,9-10,13-16,19-21,34-35H2,1-3H3,(H,36,42)(H,37,43,44);1H/t27?,28-,29-,46?;/m0./s1. The van der Waals surface area contributed by atoms with Crippen LogP contribution < -0.4 is 22.1 Å². The summed E-state index contributed by atoms with van der Waals surface area (Å²) in [6.07, 6.45) is 4.44. The predicted molar refractivity (Wildman–Crippen MR) is 185 cm³/mol. The number of unbranched alkanes of at least 4 members (excludes halogenated alkanes) is 3. The van der Waals surface area contributed by atoms with E-state index in [4.69, 9.17) is 16.6 Å². The number of hydrogen-bond acceptors (Lipinski definition) is 9. The second-order valence-electron chi connectivity index (χ2n) is 11.5. The van der Waals surface area contributed by atoms with Crippen LogP contribution in [0.2, 0.25) is 0 Å². The molecule has 2 rings (SSSR count). The smallest absolute Gasteiger partial charge is 0.249 e. The van der Waals surface area contributed by atoms with E-state index in [2.05, 4.69) is 10.6 Å². The number of amides is 4. The highest BCUT2D eigenvalue weighted by Crippen LogP contribution is 2.22. The molecule has 12 nitrogen and oxygen atoms in total. The zero-order valence-electron chi connectivity index (χ0n) is 27.4. The molecule has 0 radical (unpaired) electrons.